The number of hydrogen-bond acceptors (Lipinski definition) is 6. The van der Waals surface area contributed by atoms with Crippen molar-refractivity contribution in [1.29, 1.82) is 0 Å². The van der Waals surface area contributed by atoms with Crippen LogP contribution in [0.1, 0.15) is 31.2 Å². The van der Waals surface area contributed by atoms with Crippen molar-refractivity contribution < 1.29 is 24.3 Å². The fourth-order valence-electron chi connectivity index (χ4n) is 4.86. The molecule has 35 heavy (non-hydrogen) atoms. The Morgan fingerprint density at radius 1 is 1.09 bits per heavy atom. The minimum absolute atomic E-state index is 0.0977. The Bertz CT molecular complexity index is 1100. The van der Waals surface area contributed by atoms with Crippen LogP contribution in [-0.4, -0.2) is 81.7 Å². The molecule has 4 rings (SSSR count). The molecule has 1 aromatic carbocycles. The minimum Gasteiger partial charge on any atom is -0.480 e. The fourth-order valence-corrected chi connectivity index (χ4v) is 5.11. The molecule has 2 fully saturated rings. The molecule has 2 saturated heterocycles. The number of thiol groups is 1. The van der Waals surface area contributed by atoms with Crippen LogP contribution in [0.2, 0.25) is 0 Å². The molecular weight excluding hydrogens is 470 g/mol. The van der Waals surface area contributed by atoms with E-state index in [1.807, 2.05) is 24.3 Å². The summed E-state index contributed by atoms with van der Waals surface area (Å²) in [6, 6.07) is 4.42. The molecular formula is C24H31N5O5S. The summed E-state index contributed by atoms with van der Waals surface area (Å²) in [4.78, 5) is 55.3. The lowest BCUT2D eigenvalue weighted by Crippen LogP contribution is -2.57. The number of amides is 3. The number of rotatable bonds is 9. The lowest BCUT2D eigenvalue weighted by Gasteiger charge is -2.29. The topological polar surface area (TPSA) is 144 Å². The van der Waals surface area contributed by atoms with Crippen molar-refractivity contribution in [2.24, 2.45) is 0 Å². The third-order valence-electron chi connectivity index (χ3n) is 6.73. The second-order valence-electron chi connectivity index (χ2n) is 9.05. The Labute approximate surface area is 208 Å². The summed E-state index contributed by atoms with van der Waals surface area (Å²) in [5.41, 5.74) is 1.67. The number of carbonyl (C=O) groups is 4. The number of carboxylic acids is 1. The van der Waals surface area contributed by atoms with Crippen LogP contribution in [0.4, 0.5) is 0 Å². The van der Waals surface area contributed by atoms with Gasteiger partial charge in [0.15, 0.2) is 0 Å². The molecule has 3 heterocycles. The first-order valence-electron chi connectivity index (χ1n) is 11.9. The summed E-state index contributed by atoms with van der Waals surface area (Å²) in [6.07, 6.45) is 4.50. The molecule has 2 aliphatic rings. The fraction of sp³-hybridized carbons (Fsp3) is 0.500. The van der Waals surface area contributed by atoms with Gasteiger partial charge in [-0.3, -0.25) is 14.4 Å². The van der Waals surface area contributed by atoms with Gasteiger partial charge in [-0.2, -0.15) is 12.6 Å². The zero-order valence-corrected chi connectivity index (χ0v) is 20.2. The van der Waals surface area contributed by atoms with Crippen molar-refractivity contribution in [3.05, 3.63) is 36.0 Å². The van der Waals surface area contributed by atoms with Crippen LogP contribution in [-0.2, 0) is 25.6 Å². The van der Waals surface area contributed by atoms with Gasteiger partial charge in [0, 0.05) is 35.8 Å². The highest BCUT2D eigenvalue weighted by molar-refractivity contribution is 7.80. The number of aromatic nitrogens is 1. The molecule has 0 radical (unpaired) electrons. The van der Waals surface area contributed by atoms with E-state index in [4.69, 9.17) is 0 Å². The number of aromatic amines is 1. The van der Waals surface area contributed by atoms with Crippen LogP contribution < -0.4 is 16.0 Å². The number of nitrogens with one attached hydrogen (secondary N) is 4. The molecule has 0 aliphatic carbocycles. The number of carbonyl (C=O) groups excluding carboxylic acids is 3. The number of likely N-dealkylation sites (tertiary alicyclic amines) is 1. The average Bonchev–Trinajstić information content (AvgIpc) is 3.62. The van der Waals surface area contributed by atoms with Crippen molar-refractivity contribution >= 4 is 47.2 Å². The van der Waals surface area contributed by atoms with Crippen molar-refractivity contribution in [1.82, 2.24) is 25.8 Å². The molecule has 10 nitrogen and oxygen atoms in total. The number of aliphatic carboxylic acids is 1. The predicted octanol–water partition coefficient (Wildman–Crippen LogP) is 0.437. The predicted molar refractivity (Wildman–Crippen MR) is 133 cm³/mol. The average molecular weight is 502 g/mol. The molecule has 0 bridgehead atoms. The third kappa shape index (κ3) is 5.62. The van der Waals surface area contributed by atoms with Gasteiger partial charge in [0.25, 0.3) is 0 Å². The molecule has 5 N–H and O–H groups in total. The van der Waals surface area contributed by atoms with Crippen LogP contribution in [0.5, 0.6) is 0 Å². The first-order valence-corrected chi connectivity index (χ1v) is 12.6. The molecule has 4 unspecified atom stereocenters. The number of para-hydroxylation sites is 1. The van der Waals surface area contributed by atoms with Gasteiger partial charge >= 0.3 is 5.97 Å². The van der Waals surface area contributed by atoms with E-state index in [2.05, 4.69) is 33.6 Å². The Hall–Kier alpha value is -3.05. The summed E-state index contributed by atoms with van der Waals surface area (Å²) in [7, 11) is 0. The Kier molecular flexibility index (Phi) is 7.97. The van der Waals surface area contributed by atoms with Crippen LogP contribution in [0.15, 0.2) is 30.5 Å². The van der Waals surface area contributed by atoms with Crippen LogP contribution in [0, 0.1) is 0 Å². The smallest absolute Gasteiger partial charge is 0.326 e. The molecule has 2 aliphatic heterocycles. The number of hydrogen-bond donors (Lipinski definition) is 6. The molecule has 2 aromatic rings. The monoisotopic (exact) mass is 501 g/mol. The SMILES string of the molecule is O=C(O)C(Cc1c[nH]c2ccccc12)NC(=O)C1CCCN1C(=O)C(CS)NC(=O)C1CCCN1. The number of H-pyrrole nitrogens is 1. The van der Waals surface area contributed by atoms with Crippen molar-refractivity contribution in [2.45, 2.75) is 56.3 Å². The quantitative estimate of drug-likeness (QED) is 0.275. The van der Waals surface area contributed by atoms with E-state index >= 15 is 0 Å². The van der Waals surface area contributed by atoms with Gasteiger partial charge in [-0.1, -0.05) is 18.2 Å². The molecule has 0 spiro atoms. The van der Waals surface area contributed by atoms with E-state index < -0.39 is 30.0 Å². The maximum atomic E-state index is 13.2. The van der Waals surface area contributed by atoms with Crippen molar-refractivity contribution in [2.75, 3.05) is 18.8 Å². The van der Waals surface area contributed by atoms with E-state index in [-0.39, 0.29) is 30.0 Å². The van der Waals surface area contributed by atoms with Gasteiger partial charge in [0.1, 0.15) is 18.1 Å². The van der Waals surface area contributed by atoms with Crippen molar-refractivity contribution in [3.63, 3.8) is 0 Å². The summed E-state index contributed by atoms with van der Waals surface area (Å²) < 4.78 is 0. The van der Waals surface area contributed by atoms with E-state index in [1.165, 1.54) is 4.90 Å². The first-order chi connectivity index (χ1) is 16.9. The van der Waals surface area contributed by atoms with Crippen LogP contribution in [0.25, 0.3) is 10.9 Å². The lowest BCUT2D eigenvalue weighted by atomic mass is 10.0. The summed E-state index contributed by atoms with van der Waals surface area (Å²) in [5, 5.41) is 19.1. The van der Waals surface area contributed by atoms with Gasteiger partial charge in [-0.05, 0) is 43.9 Å². The number of benzene rings is 1. The highest BCUT2D eigenvalue weighted by Gasteiger charge is 2.39. The molecule has 4 atom stereocenters. The second kappa shape index (κ2) is 11.1. The summed E-state index contributed by atoms with van der Waals surface area (Å²) in [6.45, 7) is 1.12. The highest BCUT2D eigenvalue weighted by Crippen LogP contribution is 2.21. The molecule has 0 saturated carbocycles. The highest BCUT2D eigenvalue weighted by atomic mass is 32.1. The maximum Gasteiger partial charge on any atom is 0.326 e. The van der Waals surface area contributed by atoms with E-state index in [0.717, 1.165) is 29.4 Å². The number of fused-ring (bicyclic) bond motifs is 1. The summed E-state index contributed by atoms with van der Waals surface area (Å²) >= 11 is 4.24. The maximum absolute atomic E-state index is 13.2. The minimum atomic E-state index is -1.15. The van der Waals surface area contributed by atoms with Crippen LogP contribution in [0.3, 0.4) is 0 Å². The van der Waals surface area contributed by atoms with Gasteiger partial charge < -0.3 is 30.9 Å². The van der Waals surface area contributed by atoms with E-state index in [1.54, 1.807) is 6.20 Å². The summed E-state index contributed by atoms with van der Waals surface area (Å²) in [5.74, 6) is -2.19. The molecule has 3 amide bonds. The van der Waals surface area contributed by atoms with Gasteiger partial charge in [-0.25, -0.2) is 4.79 Å². The largest absolute Gasteiger partial charge is 0.480 e. The molecule has 11 heteroatoms. The first kappa shape index (κ1) is 25.1. The zero-order valence-electron chi connectivity index (χ0n) is 19.3. The van der Waals surface area contributed by atoms with E-state index in [9.17, 15) is 24.3 Å². The number of carboxylic acid groups (broad SMARTS) is 1. The lowest BCUT2D eigenvalue weighted by molar-refractivity contribution is -0.144. The zero-order chi connectivity index (χ0) is 24.9. The normalized spacial score (nSPS) is 21.6. The second-order valence-corrected chi connectivity index (χ2v) is 9.41. The third-order valence-corrected chi connectivity index (χ3v) is 7.09. The molecule has 1 aromatic heterocycles. The van der Waals surface area contributed by atoms with Gasteiger partial charge in [0.05, 0.1) is 6.04 Å². The van der Waals surface area contributed by atoms with Crippen LogP contribution >= 0.6 is 12.6 Å². The van der Waals surface area contributed by atoms with Gasteiger partial charge in [0.2, 0.25) is 17.7 Å². The Morgan fingerprint density at radius 3 is 2.57 bits per heavy atom. The Balaban J connectivity index is 1.41. The van der Waals surface area contributed by atoms with Crippen molar-refractivity contribution in [3.8, 4) is 0 Å². The standard InChI is InChI=1S/C24H31N5O5S/c30-21(17-7-3-9-25-17)28-19(13-35)23(32)29-10-4-8-20(29)22(31)27-18(24(33)34)11-14-12-26-16-6-2-1-5-15(14)16/h1-2,5-6,12,17-20,25-26,35H,3-4,7-11,13H2,(H,27,31)(H,28,30)(H,33,34). The Morgan fingerprint density at radius 2 is 1.86 bits per heavy atom. The van der Waals surface area contributed by atoms with E-state index in [0.29, 0.717) is 25.8 Å². The molecule has 188 valence electrons. The van der Waals surface area contributed by atoms with Gasteiger partial charge in [-0.15, -0.1) is 0 Å². The number of nitrogens with zero attached hydrogens (tertiary/aromatic N) is 1.